The third-order valence-corrected chi connectivity index (χ3v) is 4.53. The van der Waals surface area contributed by atoms with Crippen LogP contribution in [0.3, 0.4) is 0 Å². The fourth-order valence-corrected chi connectivity index (χ4v) is 3.34. The molecule has 0 radical (unpaired) electrons. The van der Waals surface area contributed by atoms with Crippen LogP contribution in [0.4, 0.5) is 0 Å². The van der Waals surface area contributed by atoms with Gasteiger partial charge in [0, 0.05) is 38.8 Å². The van der Waals surface area contributed by atoms with E-state index in [0.29, 0.717) is 6.04 Å². The van der Waals surface area contributed by atoms with Gasteiger partial charge in [-0.05, 0) is 38.6 Å². The molecule has 2 fully saturated rings. The van der Waals surface area contributed by atoms with E-state index in [1.165, 1.54) is 0 Å². The average Bonchev–Trinajstić information content (AvgIpc) is 2.89. The number of nitrogens with two attached hydrogens (primary N) is 1. The van der Waals surface area contributed by atoms with Crippen molar-refractivity contribution in [1.82, 2.24) is 9.80 Å². The molecule has 20 heavy (non-hydrogen) atoms. The van der Waals surface area contributed by atoms with Crippen molar-refractivity contribution in [3.05, 3.63) is 0 Å². The molecular weight excluding hydrogens is 254 g/mol. The molecule has 2 atom stereocenters. The van der Waals surface area contributed by atoms with Crippen LogP contribution >= 0.6 is 0 Å². The van der Waals surface area contributed by atoms with Gasteiger partial charge in [0.25, 0.3) is 5.91 Å². The number of ether oxygens (including phenoxy) is 1. The largest absolute Gasteiger partial charge is 0.368 e. The molecule has 0 saturated carbocycles. The van der Waals surface area contributed by atoms with E-state index in [0.717, 1.165) is 71.4 Å². The van der Waals surface area contributed by atoms with Gasteiger partial charge >= 0.3 is 0 Å². The van der Waals surface area contributed by atoms with Crippen molar-refractivity contribution < 1.29 is 9.53 Å². The third kappa shape index (κ3) is 3.93. The molecule has 2 aliphatic heterocycles. The minimum atomic E-state index is -0.174. The predicted molar refractivity (Wildman–Crippen MR) is 79.5 cm³/mol. The van der Waals surface area contributed by atoms with E-state index in [1.807, 2.05) is 4.90 Å². The molecular formula is C15H29N3O2. The van der Waals surface area contributed by atoms with E-state index < -0.39 is 0 Å². The second-order valence-electron chi connectivity index (χ2n) is 5.86. The summed E-state index contributed by atoms with van der Waals surface area (Å²) in [5.74, 6) is 0.205. The highest BCUT2D eigenvalue weighted by Crippen LogP contribution is 2.17. The molecule has 0 spiro atoms. The fourth-order valence-electron chi connectivity index (χ4n) is 3.34. The number of hydrogen-bond donors (Lipinski definition) is 1. The van der Waals surface area contributed by atoms with Crippen molar-refractivity contribution in [2.45, 2.75) is 51.2 Å². The Morgan fingerprint density at radius 3 is 2.80 bits per heavy atom. The normalized spacial score (nSPS) is 26.5. The van der Waals surface area contributed by atoms with Gasteiger partial charge in [-0.1, -0.05) is 6.92 Å². The molecule has 2 heterocycles. The zero-order chi connectivity index (χ0) is 14.4. The molecule has 2 rings (SSSR count). The van der Waals surface area contributed by atoms with Gasteiger partial charge < -0.3 is 15.4 Å². The van der Waals surface area contributed by atoms with Gasteiger partial charge in [0.05, 0.1) is 0 Å². The van der Waals surface area contributed by atoms with Crippen LogP contribution in [0.1, 0.15) is 39.0 Å². The van der Waals surface area contributed by atoms with E-state index in [4.69, 9.17) is 10.5 Å². The van der Waals surface area contributed by atoms with Crippen molar-refractivity contribution in [2.24, 2.45) is 5.73 Å². The van der Waals surface area contributed by atoms with E-state index in [1.54, 1.807) is 0 Å². The Labute approximate surface area is 122 Å². The van der Waals surface area contributed by atoms with Crippen molar-refractivity contribution in [3.8, 4) is 0 Å². The van der Waals surface area contributed by atoms with Gasteiger partial charge in [-0.15, -0.1) is 0 Å². The lowest BCUT2D eigenvalue weighted by Gasteiger charge is -2.30. The van der Waals surface area contributed by atoms with E-state index >= 15 is 0 Å². The second-order valence-corrected chi connectivity index (χ2v) is 5.86. The molecule has 0 aromatic heterocycles. The lowest BCUT2D eigenvalue weighted by atomic mass is 10.1. The molecule has 2 unspecified atom stereocenters. The smallest absolute Gasteiger partial charge is 0.251 e. The molecule has 0 aromatic rings. The molecule has 2 N–H and O–H groups in total. The maximum atomic E-state index is 12.4. The zero-order valence-electron chi connectivity index (χ0n) is 12.7. The summed E-state index contributed by atoms with van der Waals surface area (Å²) >= 11 is 0. The van der Waals surface area contributed by atoms with Gasteiger partial charge in [-0.2, -0.15) is 0 Å². The predicted octanol–water partition coefficient (Wildman–Crippen LogP) is 0.827. The second kappa shape index (κ2) is 7.96. The standard InChI is InChI=1S/C15H29N3O2/c1-2-13(6-7-16)17-8-4-9-18(11-10-17)15(19)14-5-3-12-20-14/h13-14H,2-12,16H2,1H3. The summed E-state index contributed by atoms with van der Waals surface area (Å²) in [6.07, 6.45) is 4.98. The topological polar surface area (TPSA) is 58.8 Å². The Morgan fingerprint density at radius 2 is 2.15 bits per heavy atom. The van der Waals surface area contributed by atoms with Crippen LogP contribution in [0.15, 0.2) is 0 Å². The molecule has 2 saturated heterocycles. The number of amides is 1. The maximum Gasteiger partial charge on any atom is 0.251 e. The Kier molecular flexibility index (Phi) is 6.26. The highest BCUT2D eigenvalue weighted by molar-refractivity contribution is 5.81. The maximum absolute atomic E-state index is 12.4. The van der Waals surface area contributed by atoms with Gasteiger partial charge in [0.1, 0.15) is 6.10 Å². The first-order chi connectivity index (χ1) is 9.76. The lowest BCUT2D eigenvalue weighted by Crippen LogP contribution is -2.42. The molecule has 5 nitrogen and oxygen atoms in total. The lowest BCUT2D eigenvalue weighted by molar-refractivity contribution is -0.140. The molecule has 0 bridgehead atoms. The van der Waals surface area contributed by atoms with Crippen LogP contribution in [0.25, 0.3) is 0 Å². The number of carbonyl (C=O) groups is 1. The molecule has 116 valence electrons. The highest BCUT2D eigenvalue weighted by Gasteiger charge is 2.30. The van der Waals surface area contributed by atoms with Crippen LogP contribution in [-0.2, 0) is 9.53 Å². The number of nitrogens with zero attached hydrogens (tertiary/aromatic N) is 2. The molecule has 5 heteroatoms. The summed E-state index contributed by atoms with van der Waals surface area (Å²) in [6.45, 7) is 7.46. The summed E-state index contributed by atoms with van der Waals surface area (Å²) in [5, 5.41) is 0. The van der Waals surface area contributed by atoms with Crippen LogP contribution < -0.4 is 5.73 Å². The van der Waals surface area contributed by atoms with Crippen molar-refractivity contribution in [3.63, 3.8) is 0 Å². The fraction of sp³-hybridized carbons (Fsp3) is 0.933. The zero-order valence-corrected chi connectivity index (χ0v) is 12.7. The highest BCUT2D eigenvalue weighted by atomic mass is 16.5. The third-order valence-electron chi connectivity index (χ3n) is 4.53. The first-order valence-electron chi connectivity index (χ1n) is 8.10. The number of hydrogen-bond acceptors (Lipinski definition) is 4. The quantitative estimate of drug-likeness (QED) is 0.812. The minimum absolute atomic E-state index is 0.174. The van der Waals surface area contributed by atoms with Crippen LogP contribution in [0.2, 0.25) is 0 Å². The van der Waals surface area contributed by atoms with Gasteiger partial charge in [0.15, 0.2) is 0 Å². The molecule has 0 aliphatic carbocycles. The number of carbonyl (C=O) groups excluding carboxylic acids is 1. The molecule has 2 aliphatic rings. The average molecular weight is 283 g/mol. The van der Waals surface area contributed by atoms with Gasteiger partial charge in [-0.25, -0.2) is 0 Å². The Morgan fingerprint density at radius 1 is 1.30 bits per heavy atom. The monoisotopic (exact) mass is 283 g/mol. The van der Waals surface area contributed by atoms with Crippen LogP contribution in [-0.4, -0.2) is 67.2 Å². The van der Waals surface area contributed by atoms with E-state index in [9.17, 15) is 4.79 Å². The summed E-state index contributed by atoms with van der Waals surface area (Å²) < 4.78 is 5.52. The Hall–Kier alpha value is -0.650. The van der Waals surface area contributed by atoms with Crippen LogP contribution in [0, 0.1) is 0 Å². The van der Waals surface area contributed by atoms with Crippen molar-refractivity contribution in [1.29, 1.82) is 0 Å². The Bertz CT molecular complexity index is 305. The van der Waals surface area contributed by atoms with Crippen molar-refractivity contribution in [2.75, 3.05) is 39.3 Å². The van der Waals surface area contributed by atoms with Crippen LogP contribution in [0.5, 0.6) is 0 Å². The first-order valence-corrected chi connectivity index (χ1v) is 8.10. The van der Waals surface area contributed by atoms with Crippen molar-refractivity contribution >= 4 is 5.91 Å². The SMILES string of the molecule is CCC(CCN)N1CCCN(C(=O)C2CCCO2)CC1. The minimum Gasteiger partial charge on any atom is -0.368 e. The molecule has 1 amide bonds. The van der Waals surface area contributed by atoms with Gasteiger partial charge in [0.2, 0.25) is 0 Å². The Balaban J connectivity index is 1.86. The first kappa shape index (κ1) is 15.7. The summed E-state index contributed by atoms with van der Waals surface area (Å²) in [5.41, 5.74) is 5.70. The summed E-state index contributed by atoms with van der Waals surface area (Å²) in [4.78, 5) is 16.9. The van der Waals surface area contributed by atoms with Gasteiger partial charge in [-0.3, -0.25) is 9.69 Å². The summed E-state index contributed by atoms with van der Waals surface area (Å²) in [6, 6.07) is 0.567. The summed E-state index contributed by atoms with van der Waals surface area (Å²) in [7, 11) is 0. The van der Waals surface area contributed by atoms with E-state index in [2.05, 4.69) is 11.8 Å². The number of rotatable bonds is 5. The molecule has 0 aromatic carbocycles. The van der Waals surface area contributed by atoms with E-state index in [-0.39, 0.29) is 12.0 Å².